The molecule has 0 unspecified atom stereocenters. The highest BCUT2D eigenvalue weighted by Gasteiger charge is 2.12. The number of aromatic nitrogens is 1. The van der Waals surface area contributed by atoms with Crippen LogP contribution in [0.4, 0.5) is 0 Å². The van der Waals surface area contributed by atoms with Gasteiger partial charge in [0.25, 0.3) is 5.91 Å². The van der Waals surface area contributed by atoms with Crippen LogP contribution < -0.4 is 9.54 Å². The maximum absolute atomic E-state index is 12.4. The normalized spacial score (nSPS) is 11.4. The Bertz CT molecular complexity index is 1110. The molecular weight excluding hydrogens is 376 g/mol. The number of hydrogen-bond donors (Lipinski definition) is 0. The number of fused-ring (bicyclic) bond motifs is 1. The third-order valence-electron chi connectivity index (χ3n) is 4.08. The highest BCUT2D eigenvalue weighted by molar-refractivity contribution is 7.16. The van der Waals surface area contributed by atoms with Crippen LogP contribution in [-0.2, 0) is 16.1 Å². The van der Waals surface area contributed by atoms with Crippen molar-refractivity contribution in [1.29, 1.82) is 0 Å². The maximum Gasteiger partial charge on any atom is 0.337 e. The quantitative estimate of drug-likeness (QED) is 0.472. The number of methoxy groups -OCH3 is 1. The molecule has 0 aliphatic heterocycles. The Balaban J connectivity index is 1.92. The topological polar surface area (TPSA) is 69.9 Å². The minimum Gasteiger partial charge on any atom is -0.483 e. The first kappa shape index (κ1) is 19.6. The summed E-state index contributed by atoms with van der Waals surface area (Å²) in [4.78, 5) is 28.8. The molecule has 3 aromatic rings. The number of aryl methyl sites for hydroxylation is 1. The molecule has 0 fully saturated rings. The molecule has 7 heteroatoms. The lowest BCUT2D eigenvalue weighted by Crippen LogP contribution is -2.19. The zero-order valence-corrected chi connectivity index (χ0v) is 16.5. The second kappa shape index (κ2) is 8.67. The number of allylic oxidation sites excluding steroid dienone is 1. The summed E-state index contributed by atoms with van der Waals surface area (Å²) in [7, 11) is 1.34. The second-order valence-corrected chi connectivity index (χ2v) is 7.03. The van der Waals surface area contributed by atoms with E-state index in [2.05, 4.69) is 11.6 Å². The highest BCUT2D eigenvalue weighted by atomic mass is 32.1. The number of rotatable bonds is 6. The molecule has 0 saturated carbocycles. The second-order valence-electron chi connectivity index (χ2n) is 6.02. The van der Waals surface area contributed by atoms with Gasteiger partial charge >= 0.3 is 5.97 Å². The van der Waals surface area contributed by atoms with Gasteiger partial charge in [-0.1, -0.05) is 35.6 Å². The van der Waals surface area contributed by atoms with Crippen LogP contribution in [0, 0.1) is 6.92 Å². The molecule has 1 aromatic heterocycles. The third kappa shape index (κ3) is 4.20. The molecule has 6 nitrogen and oxygen atoms in total. The Kier molecular flexibility index (Phi) is 6.06. The van der Waals surface area contributed by atoms with E-state index in [0.29, 0.717) is 22.7 Å². The van der Waals surface area contributed by atoms with E-state index < -0.39 is 5.97 Å². The van der Waals surface area contributed by atoms with Crippen molar-refractivity contribution in [3.05, 3.63) is 71.0 Å². The van der Waals surface area contributed by atoms with E-state index in [-0.39, 0.29) is 12.5 Å². The van der Waals surface area contributed by atoms with Gasteiger partial charge in [0.2, 0.25) is 0 Å². The van der Waals surface area contributed by atoms with Gasteiger partial charge in [0.1, 0.15) is 5.75 Å². The molecule has 1 heterocycles. The average Bonchev–Trinajstić information content (AvgIpc) is 3.03. The van der Waals surface area contributed by atoms with Crippen molar-refractivity contribution in [1.82, 2.24) is 4.57 Å². The van der Waals surface area contributed by atoms with Crippen LogP contribution in [-0.4, -0.2) is 30.2 Å². The predicted molar refractivity (Wildman–Crippen MR) is 109 cm³/mol. The van der Waals surface area contributed by atoms with Gasteiger partial charge in [-0.15, -0.1) is 6.58 Å². The first-order valence-corrected chi connectivity index (χ1v) is 9.43. The van der Waals surface area contributed by atoms with Crippen LogP contribution in [0.25, 0.3) is 10.2 Å². The van der Waals surface area contributed by atoms with Crippen LogP contribution in [0.3, 0.4) is 0 Å². The van der Waals surface area contributed by atoms with Gasteiger partial charge in [-0.05, 0) is 36.8 Å². The van der Waals surface area contributed by atoms with E-state index in [0.717, 1.165) is 15.8 Å². The molecule has 3 rings (SSSR count). The molecule has 2 aromatic carbocycles. The van der Waals surface area contributed by atoms with E-state index in [1.807, 2.05) is 41.8 Å². The molecule has 1 amide bonds. The van der Waals surface area contributed by atoms with Crippen molar-refractivity contribution in [2.24, 2.45) is 4.99 Å². The summed E-state index contributed by atoms with van der Waals surface area (Å²) in [6.45, 7) is 6.02. The van der Waals surface area contributed by atoms with E-state index in [4.69, 9.17) is 9.47 Å². The van der Waals surface area contributed by atoms with E-state index >= 15 is 0 Å². The van der Waals surface area contributed by atoms with Gasteiger partial charge < -0.3 is 14.0 Å². The number of carbonyl (C=O) groups excluding carboxylic acids is 2. The fourth-order valence-corrected chi connectivity index (χ4v) is 3.80. The van der Waals surface area contributed by atoms with E-state index in [1.54, 1.807) is 18.2 Å². The van der Waals surface area contributed by atoms with Crippen LogP contribution in [0.2, 0.25) is 0 Å². The molecule has 0 bridgehead atoms. The summed E-state index contributed by atoms with van der Waals surface area (Å²) < 4.78 is 13.1. The van der Waals surface area contributed by atoms with Crippen molar-refractivity contribution in [2.75, 3.05) is 13.7 Å². The van der Waals surface area contributed by atoms with Crippen molar-refractivity contribution in [3.8, 4) is 5.75 Å². The van der Waals surface area contributed by atoms with Crippen LogP contribution in [0.1, 0.15) is 15.9 Å². The van der Waals surface area contributed by atoms with Crippen molar-refractivity contribution in [2.45, 2.75) is 13.5 Å². The van der Waals surface area contributed by atoms with Gasteiger partial charge in [0, 0.05) is 6.54 Å². The molecule has 0 spiro atoms. The molecule has 144 valence electrons. The monoisotopic (exact) mass is 396 g/mol. The summed E-state index contributed by atoms with van der Waals surface area (Å²) in [5.74, 6) is -0.142. The minimum atomic E-state index is -0.410. The summed E-state index contributed by atoms with van der Waals surface area (Å²) in [6, 6.07) is 12.7. The first-order valence-electron chi connectivity index (χ1n) is 8.62. The molecule has 0 atom stereocenters. The third-order valence-corrected chi connectivity index (χ3v) is 5.12. The summed E-state index contributed by atoms with van der Waals surface area (Å²) in [5, 5.41) is 0. The van der Waals surface area contributed by atoms with E-state index in [1.165, 1.54) is 18.4 Å². The summed E-state index contributed by atoms with van der Waals surface area (Å²) in [6.07, 6.45) is 1.73. The number of para-hydroxylation sites is 1. The fourth-order valence-electron chi connectivity index (χ4n) is 2.71. The maximum atomic E-state index is 12.4. The van der Waals surface area contributed by atoms with Crippen LogP contribution in [0.15, 0.2) is 60.1 Å². The minimum absolute atomic E-state index is 0.152. The molecule has 28 heavy (non-hydrogen) atoms. The number of nitrogens with zero attached hydrogens (tertiary/aromatic N) is 2. The Morgan fingerprint density at radius 1 is 1.25 bits per heavy atom. The lowest BCUT2D eigenvalue weighted by atomic mass is 10.2. The standard InChI is InChI=1S/C21H20N2O4S/c1-4-11-23-16-10-9-15(20(25)26-3)12-18(16)28-21(23)22-19(24)13-27-17-8-6-5-7-14(17)2/h4-10,12H,1,11,13H2,2-3H3. The van der Waals surface area contributed by atoms with Crippen molar-refractivity contribution in [3.63, 3.8) is 0 Å². The number of esters is 1. The number of hydrogen-bond acceptors (Lipinski definition) is 5. The largest absolute Gasteiger partial charge is 0.483 e. The Labute approximate surface area is 166 Å². The van der Waals surface area contributed by atoms with Gasteiger partial charge in [0.15, 0.2) is 11.4 Å². The molecule has 0 saturated heterocycles. The van der Waals surface area contributed by atoms with Crippen molar-refractivity contribution >= 4 is 33.4 Å². The molecule has 0 aliphatic carbocycles. The predicted octanol–water partition coefficient (Wildman–Crippen LogP) is 3.49. The van der Waals surface area contributed by atoms with Gasteiger partial charge in [-0.3, -0.25) is 4.79 Å². The number of amides is 1. The highest BCUT2D eigenvalue weighted by Crippen LogP contribution is 2.20. The number of thiazole rings is 1. The smallest absolute Gasteiger partial charge is 0.337 e. The molecule has 0 N–H and O–H groups in total. The van der Waals surface area contributed by atoms with Crippen LogP contribution >= 0.6 is 11.3 Å². The SMILES string of the molecule is C=CCn1c(=NC(=O)COc2ccccc2C)sc2cc(C(=O)OC)ccc21. The summed E-state index contributed by atoms with van der Waals surface area (Å²) >= 11 is 1.32. The fraction of sp³-hybridized carbons (Fsp3) is 0.190. The number of ether oxygens (including phenoxy) is 2. The zero-order chi connectivity index (χ0) is 20.1. The lowest BCUT2D eigenvalue weighted by molar-refractivity contribution is -0.120. The molecule has 0 radical (unpaired) electrons. The number of benzene rings is 2. The average molecular weight is 396 g/mol. The van der Waals surface area contributed by atoms with Crippen molar-refractivity contribution < 1.29 is 19.1 Å². The molecular formula is C21H20N2O4S. The van der Waals surface area contributed by atoms with Gasteiger partial charge in [-0.2, -0.15) is 4.99 Å². The Morgan fingerprint density at radius 3 is 2.75 bits per heavy atom. The first-order chi connectivity index (χ1) is 13.5. The van der Waals surface area contributed by atoms with E-state index in [9.17, 15) is 9.59 Å². The summed E-state index contributed by atoms with van der Waals surface area (Å²) in [5.41, 5.74) is 2.26. The number of carbonyl (C=O) groups is 2. The Morgan fingerprint density at radius 2 is 2.04 bits per heavy atom. The lowest BCUT2D eigenvalue weighted by Gasteiger charge is -2.06. The Hall–Kier alpha value is -3.19. The zero-order valence-electron chi connectivity index (χ0n) is 15.7. The molecule has 0 aliphatic rings. The van der Waals surface area contributed by atoms with Crippen LogP contribution in [0.5, 0.6) is 5.75 Å². The van der Waals surface area contributed by atoms with Gasteiger partial charge in [0.05, 0.1) is 22.9 Å². The van der Waals surface area contributed by atoms with Gasteiger partial charge in [-0.25, -0.2) is 4.79 Å².